The van der Waals surface area contributed by atoms with E-state index < -0.39 is 0 Å². The summed E-state index contributed by atoms with van der Waals surface area (Å²) in [6.07, 6.45) is 0. The minimum atomic E-state index is 0.588. The number of ether oxygens (including phenoxy) is 1. The number of hydrogen-bond donors (Lipinski definition) is 0. The van der Waals surface area contributed by atoms with Gasteiger partial charge in [0.05, 0.1) is 4.47 Å². The van der Waals surface area contributed by atoms with E-state index in [0.717, 1.165) is 15.6 Å². The average molecular weight is 356 g/mol. The van der Waals surface area contributed by atoms with Crippen molar-refractivity contribution in [1.29, 1.82) is 0 Å². The van der Waals surface area contributed by atoms with Gasteiger partial charge in [-0.25, -0.2) is 0 Å². The Kier molecular flexibility index (Phi) is 4.63. The molecule has 0 aliphatic carbocycles. The van der Waals surface area contributed by atoms with E-state index in [0.29, 0.717) is 6.61 Å². The smallest absolute Gasteiger partial charge is 0.134 e. The summed E-state index contributed by atoms with van der Waals surface area (Å²) in [7, 11) is 0. The van der Waals surface area contributed by atoms with E-state index in [2.05, 4.69) is 50.1 Å². The van der Waals surface area contributed by atoms with Crippen molar-refractivity contribution in [3.63, 3.8) is 0 Å². The Hall–Kier alpha value is -0.800. The highest BCUT2D eigenvalue weighted by molar-refractivity contribution is 9.11. The van der Waals surface area contributed by atoms with Crippen LogP contribution in [0.4, 0.5) is 0 Å². The highest BCUT2D eigenvalue weighted by atomic mass is 79.9. The number of halogens is 2. The molecular formula is C14H12Br2O. The molecule has 0 spiro atoms. The van der Waals surface area contributed by atoms with Gasteiger partial charge in [0.2, 0.25) is 0 Å². The molecule has 0 amide bonds. The summed E-state index contributed by atoms with van der Waals surface area (Å²) in [6.45, 7) is 0.588. The topological polar surface area (TPSA) is 9.23 Å². The lowest BCUT2D eigenvalue weighted by molar-refractivity contribution is 0.304. The second-order valence-corrected chi connectivity index (χ2v) is 4.99. The molecule has 0 aromatic heterocycles. The van der Waals surface area contributed by atoms with Gasteiger partial charge >= 0.3 is 0 Å². The Labute approximate surface area is 118 Å². The molecule has 0 N–H and O–H groups in total. The van der Waals surface area contributed by atoms with Crippen molar-refractivity contribution >= 4 is 31.9 Å². The number of hydrogen-bond acceptors (Lipinski definition) is 1. The fourth-order valence-electron chi connectivity index (χ4n) is 1.51. The van der Waals surface area contributed by atoms with E-state index in [1.165, 1.54) is 11.1 Å². The van der Waals surface area contributed by atoms with Crippen LogP contribution in [0.3, 0.4) is 0 Å². The predicted octanol–water partition coefficient (Wildman–Crippen LogP) is 4.92. The lowest BCUT2D eigenvalue weighted by Gasteiger charge is -2.10. The van der Waals surface area contributed by atoms with Crippen LogP contribution in [0.5, 0.6) is 5.75 Å². The summed E-state index contributed by atoms with van der Waals surface area (Å²) < 4.78 is 6.82. The zero-order valence-corrected chi connectivity index (χ0v) is 12.4. The zero-order chi connectivity index (χ0) is 12.1. The van der Waals surface area contributed by atoms with Gasteiger partial charge in [0, 0.05) is 5.33 Å². The molecule has 0 heterocycles. The van der Waals surface area contributed by atoms with Crippen molar-refractivity contribution < 1.29 is 4.74 Å². The van der Waals surface area contributed by atoms with E-state index in [9.17, 15) is 0 Å². The molecule has 0 saturated heterocycles. The van der Waals surface area contributed by atoms with Gasteiger partial charge in [-0.05, 0) is 33.1 Å². The predicted molar refractivity (Wildman–Crippen MR) is 77.5 cm³/mol. The molecule has 0 atom stereocenters. The number of benzene rings is 2. The molecule has 2 aromatic carbocycles. The van der Waals surface area contributed by atoms with Crippen LogP contribution in [0.2, 0.25) is 0 Å². The van der Waals surface area contributed by atoms with Crippen LogP contribution in [0.15, 0.2) is 53.0 Å². The molecule has 0 fully saturated rings. The standard InChI is InChI=1S/C14H12Br2O/c15-9-12-7-4-8-13(14(12)16)17-10-11-5-2-1-3-6-11/h1-8H,9-10H2. The summed E-state index contributed by atoms with van der Waals surface area (Å²) in [4.78, 5) is 0. The van der Waals surface area contributed by atoms with Crippen molar-refractivity contribution in [2.24, 2.45) is 0 Å². The Morgan fingerprint density at radius 2 is 1.71 bits per heavy atom. The third-order valence-corrected chi connectivity index (χ3v) is 3.93. The summed E-state index contributed by atoms with van der Waals surface area (Å²) in [5.74, 6) is 0.880. The molecule has 2 rings (SSSR count). The second-order valence-electron chi connectivity index (χ2n) is 3.64. The molecule has 17 heavy (non-hydrogen) atoms. The monoisotopic (exact) mass is 354 g/mol. The van der Waals surface area contributed by atoms with Gasteiger partial charge in [0.25, 0.3) is 0 Å². The third-order valence-electron chi connectivity index (χ3n) is 2.42. The van der Waals surface area contributed by atoms with Gasteiger partial charge in [-0.2, -0.15) is 0 Å². The molecule has 3 heteroatoms. The lowest BCUT2D eigenvalue weighted by Crippen LogP contribution is -1.96. The molecule has 88 valence electrons. The van der Waals surface area contributed by atoms with Crippen molar-refractivity contribution in [2.45, 2.75) is 11.9 Å². The van der Waals surface area contributed by atoms with Crippen molar-refractivity contribution in [1.82, 2.24) is 0 Å². The number of alkyl halides is 1. The van der Waals surface area contributed by atoms with Gasteiger partial charge < -0.3 is 4.74 Å². The van der Waals surface area contributed by atoms with E-state index in [1.807, 2.05) is 30.3 Å². The van der Waals surface area contributed by atoms with Crippen molar-refractivity contribution in [3.05, 3.63) is 64.1 Å². The molecule has 1 nitrogen and oxygen atoms in total. The quantitative estimate of drug-likeness (QED) is 0.707. The Bertz CT molecular complexity index is 483. The van der Waals surface area contributed by atoms with Gasteiger partial charge in [-0.15, -0.1) is 0 Å². The number of rotatable bonds is 4. The minimum absolute atomic E-state index is 0.588. The summed E-state index contributed by atoms with van der Waals surface area (Å²) >= 11 is 7.01. The minimum Gasteiger partial charge on any atom is -0.488 e. The van der Waals surface area contributed by atoms with Gasteiger partial charge in [-0.3, -0.25) is 0 Å². The first-order valence-electron chi connectivity index (χ1n) is 5.31. The van der Waals surface area contributed by atoms with Gasteiger partial charge in [-0.1, -0.05) is 58.4 Å². The maximum absolute atomic E-state index is 5.80. The molecule has 0 bridgehead atoms. The van der Waals surface area contributed by atoms with Crippen LogP contribution in [0, 0.1) is 0 Å². The normalized spacial score (nSPS) is 10.2. The molecule has 0 aliphatic rings. The fraction of sp³-hybridized carbons (Fsp3) is 0.143. The van der Waals surface area contributed by atoms with Crippen molar-refractivity contribution in [3.8, 4) is 5.75 Å². The van der Waals surface area contributed by atoms with E-state index in [-0.39, 0.29) is 0 Å². The van der Waals surface area contributed by atoms with Crippen LogP contribution in [0.25, 0.3) is 0 Å². The Morgan fingerprint density at radius 1 is 0.941 bits per heavy atom. The molecular weight excluding hydrogens is 344 g/mol. The summed E-state index contributed by atoms with van der Waals surface area (Å²) in [6, 6.07) is 16.2. The van der Waals surface area contributed by atoms with Crippen LogP contribution >= 0.6 is 31.9 Å². The van der Waals surface area contributed by atoms with Crippen LogP contribution < -0.4 is 4.74 Å². The maximum Gasteiger partial charge on any atom is 0.134 e. The fourth-order valence-corrected chi connectivity index (χ4v) is 2.87. The largest absolute Gasteiger partial charge is 0.488 e. The Morgan fingerprint density at radius 3 is 2.41 bits per heavy atom. The van der Waals surface area contributed by atoms with Crippen LogP contribution in [-0.4, -0.2) is 0 Å². The highest BCUT2D eigenvalue weighted by Gasteiger charge is 2.05. The zero-order valence-electron chi connectivity index (χ0n) is 9.20. The molecule has 0 radical (unpaired) electrons. The first-order valence-corrected chi connectivity index (χ1v) is 7.23. The maximum atomic E-state index is 5.80. The molecule has 0 unspecified atom stereocenters. The summed E-state index contributed by atoms with van der Waals surface area (Å²) in [5, 5.41) is 0.816. The van der Waals surface area contributed by atoms with Gasteiger partial charge in [0.15, 0.2) is 0 Å². The first-order chi connectivity index (χ1) is 8.31. The van der Waals surface area contributed by atoms with E-state index in [4.69, 9.17) is 4.74 Å². The van der Waals surface area contributed by atoms with Crippen molar-refractivity contribution in [2.75, 3.05) is 0 Å². The van der Waals surface area contributed by atoms with Crippen LogP contribution in [-0.2, 0) is 11.9 Å². The Balaban J connectivity index is 2.09. The molecule has 2 aromatic rings. The molecule has 0 aliphatic heterocycles. The van der Waals surface area contributed by atoms with Gasteiger partial charge in [0.1, 0.15) is 12.4 Å². The SMILES string of the molecule is BrCc1cccc(OCc2ccccc2)c1Br. The van der Waals surface area contributed by atoms with E-state index in [1.54, 1.807) is 0 Å². The third kappa shape index (κ3) is 3.33. The highest BCUT2D eigenvalue weighted by Crippen LogP contribution is 2.30. The van der Waals surface area contributed by atoms with E-state index >= 15 is 0 Å². The first kappa shape index (κ1) is 12.7. The lowest BCUT2D eigenvalue weighted by atomic mass is 10.2. The summed E-state index contributed by atoms with van der Waals surface area (Å²) in [5.41, 5.74) is 2.36. The average Bonchev–Trinajstić information content (AvgIpc) is 2.39. The second kappa shape index (κ2) is 6.22. The van der Waals surface area contributed by atoms with Crippen LogP contribution in [0.1, 0.15) is 11.1 Å². The molecule has 0 saturated carbocycles.